The number of hydrogen-bond donors (Lipinski definition) is 2. The monoisotopic (exact) mass is 406 g/mol. The maximum absolute atomic E-state index is 5.81. The van der Waals surface area contributed by atoms with Crippen molar-refractivity contribution in [3.05, 3.63) is 29.8 Å². The molecule has 1 rings (SSSR count). The van der Waals surface area contributed by atoms with E-state index < -0.39 is 0 Å². The first-order chi connectivity index (χ1) is 9.52. The first kappa shape index (κ1) is 20.0. The standard InChI is InChI=1S/C15H26N4O.HI/c1-12(11-20-4)18-15(16)17-10-9-13-5-7-14(8-6-13)19(2)3;/h5-8,12H,9-11H2,1-4H3,(H3,16,17,18);1H. The van der Waals surface area contributed by atoms with Gasteiger partial charge in [0.05, 0.1) is 6.61 Å². The van der Waals surface area contributed by atoms with E-state index in [1.165, 1.54) is 11.3 Å². The Morgan fingerprint density at radius 1 is 1.33 bits per heavy atom. The molecule has 1 aromatic rings. The zero-order valence-corrected chi connectivity index (χ0v) is 15.6. The molecule has 0 fully saturated rings. The number of guanidine groups is 1. The van der Waals surface area contributed by atoms with Gasteiger partial charge in [-0.3, -0.25) is 4.99 Å². The first-order valence-corrected chi connectivity index (χ1v) is 6.84. The van der Waals surface area contributed by atoms with E-state index in [0.29, 0.717) is 19.1 Å². The average Bonchev–Trinajstić information content (AvgIpc) is 2.39. The van der Waals surface area contributed by atoms with E-state index in [4.69, 9.17) is 10.5 Å². The molecule has 0 saturated heterocycles. The minimum Gasteiger partial charge on any atom is -0.383 e. The Labute approximate surface area is 145 Å². The summed E-state index contributed by atoms with van der Waals surface area (Å²) in [5, 5.41) is 3.09. The lowest BCUT2D eigenvalue weighted by atomic mass is 10.1. The summed E-state index contributed by atoms with van der Waals surface area (Å²) in [6, 6.07) is 8.65. The summed E-state index contributed by atoms with van der Waals surface area (Å²) in [6.45, 7) is 3.30. The molecule has 1 atom stereocenters. The van der Waals surface area contributed by atoms with Gasteiger partial charge in [-0.15, -0.1) is 24.0 Å². The van der Waals surface area contributed by atoms with Crippen molar-refractivity contribution in [2.75, 3.05) is 39.3 Å². The lowest BCUT2D eigenvalue weighted by molar-refractivity contribution is 0.179. The third-order valence-electron chi connectivity index (χ3n) is 2.95. The van der Waals surface area contributed by atoms with E-state index >= 15 is 0 Å². The Bertz CT molecular complexity index is 420. The molecule has 0 aliphatic heterocycles. The van der Waals surface area contributed by atoms with Crippen LogP contribution < -0.4 is 16.0 Å². The van der Waals surface area contributed by atoms with Crippen LogP contribution >= 0.6 is 24.0 Å². The molecule has 0 heterocycles. The van der Waals surface area contributed by atoms with Gasteiger partial charge in [-0.2, -0.15) is 0 Å². The van der Waals surface area contributed by atoms with Gasteiger partial charge in [0.1, 0.15) is 0 Å². The minimum absolute atomic E-state index is 0. The number of rotatable bonds is 7. The van der Waals surface area contributed by atoms with Gasteiger partial charge in [-0.25, -0.2) is 0 Å². The zero-order valence-electron chi connectivity index (χ0n) is 13.3. The second-order valence-corrected chi connectivity index (χ2v) is 5.08. The molecule has 1 unspecified atom stereocenters. The molecule has 0 amide bonds. The molecule has 0 aliphatic carbocycles. The maximum Gasteiger partial charge on any atom is 0.188 e. The lowest BCUT2D eigenvalue weighted by Gasteiger charge is -2.13. The van der Waals surface area contributed by atoms with E-state index in [0.717, 1.165) is 6.42 Å². The van der Waals surface area contributed by atoms with Crippen LogP contribution in [0.2, 0.25) is 0 Å². The number of ether oxygens (including phenoxy) is 1. The van der Waals surface area contributed by atoms with Crippen LogP contribution in [0.3, 0.4) is 0 Å². The molecule has 0 aromatic heterocycles. The Morgan fingerprint density at radius 2 is 1.95 bits per heavy atom. The van der Waals surface area contributed by atoms with Crippen molar-refractivity contribution in [3.8, 4) is 0 Å². The van der Waals surface area contributed by atoms with Crippen LogP contribution in [-0.2, 0) is 11.2 Å². The molecular formula is C15H27IN4O. The predicted molar refractivity (Wildman–Crippen MR) is 101 cm³/mol. The average molecular weight is 406 g/mol. The normalized spacial score (nSPS) is 12.5. The molecule has 6 heteroatoms. The second kappa shape index (κ2) is 10.7. The van der Waals surface area contributed by atoms with Crippen LogP contribution in [0.1, 0.15) is 12.5 Å². The van der Waals surface area contributed by atoms with Crippen LogP contribution in [0.4, 0.5) is 5.69 Å². The summed E-state index contributed by atoms with van der Waals surface area (Å²) in [5.41, 5.74) is 8.27. The van der Waals surface area contributed by atoms with Gasteiger partial charge in [0, 0.05) is 39.5 Å². The fourth-order valence-corrected chi connectivity index (χ4v) is 1.86. The van der Waals surface area contributed by atoms with Gasteiger partial charge in [0.2, 0.25) is 0 Å². The van der Waals surface area contributed by atoms with Crippen molar-refractivity contribution in [1.29, 1.82) is 0 Å². The molecule has 21 heavy (non-hydrogen) atoms. The molecule has 0 spiro atoms. The number of nitrogens with two attached hydrogens (primary N) is 1. The third kappa shape index (κ3) is 8.11. The SMILES string of the molecule is COCC(C)NC(N)=NCCc1ccc(N(C)C)cc1.I. The molecule has 0 bridgehead atoms. The van der Waals surface area contributed by atoms with Crippen molar-refractivity contribution in [1.82, 2.24) is 5.32 Å². The van der Waals surface area contributed by atoms with Gasteiger partial charge < -0.3 is 20.7 Å². The number of nitrogens with one attached hydrogen (secondary N) is 1. The highest BCUT2D eigenvalue weighted by atomic mass is 127. The number of halogens is 1. The molecular weight excluding hydrogens is 379 g/mol. The summed E-state index contributed by atoms with van der Waals surface area (Å²) in [7, 11) is 5.74. The second-order valence-electron chi connectivity index (χ2n) is 5.08. The van der Waals surface area contributed by atoms with Gasteiger partial charge in [-0.05, 0) is 31.0 Å². The van der Waals surface area contributed by atoms with Crippen molar-refractivity contribution in [3.63, 3.8) is 0 Å². The highest BCUT2D eigenvalue weighted by Gasteiger charge is 2.01. The van der Waals surface area contributed by atoms with Gasteiger partial charge in [-0.1, -0.05) is 12.1 Å². The number of aliphatic imine (C=N–C) groups is 1. The van der Waals surface area contributed by atoms with Crippen molar-refractivity contribution >= 4 is 35.6 Å². The Morgan fingerprint density at radius 3 is 2.48 bits per heavy atom. The summed E-state index contributed by atoms with van der Waals surface area (Å²) < 4.78 is 5.03. The topological polar surface area (TPSA) is 62.9 Å². The molecule has 120 valence electrons. The van der Waals surface area contributed by atoms with E-state index in [9.17, 15) is 0 Å². The van der Waals surface area contributed by atoms with Gasteiger partial charge in [0.15, 0.2) is 5.96 Å². The van der Waals surface area contributed by atoms with Crippen LogP contribution in [0, 0.1) is 0 Å². The minimum atomic E-state index is 0. The number of nitrogens with zero attached hydrogens (tertiary/aromatic N) is 2. The summed E-state index contributed by atoms with van der Waals surface area (Å²) in [4.78, 5) is 6.40. The Kier molecular flexibility index (Phi) is 10.2. The number of hydrogen-bond acceptors (Lipinski definition) is 3. The van der Waals surface area contributed by atoms with Crippen molar-refractivity contribution in [2.24, 2.45) is 10.7 Å². The quantitative estimate of drug-likeness (QED) is 0.412. The Hall–Kier alpha value is -1.02. The lowest BCUT2D eigenvalue weighted by Crippen LogP contribution is -2.40. The molecule has 0 saturated carbocycles. The van der Waals surface area contributed by atoms with Crippen molar-refractivity contribution < 1.29 is 4.74 Å². The summed E-state index contributed by atoms with van der Waals surface area (Å²) >= 11 is 0. The van der Waals surface area contributed by atoms with Crippen LogP contribution in [0.15, 0.2) is 29.3 Å². The molecule has 0 aliphatic rings. The molecule has 0 radical (unpaired) electrons. The fourth-order valence-electron chi connectivity index (χ4n) is 1.86. The highest BCUT2D eigenvalue weighted by molar-refractivity contribution is 14.0. The Balaban J connectivity index is 0.00000400. The largest absolute Gasteiger partial charge is 0.383 e. The molecule has 3 N–H and O–H groups in total. The number of benzene rings is 1. The number of methoxy groups -OCH3 is 1. The van der Waals surface area contributed by atoms with Crippen LogP contribution in [-0.4, -0.2) is 46.4 Å². The van der Waals surface area contributed by atoms with E-state index in [-0.39, 0.29) is 30.0 Å². The van der Waals surface area contributed by atoms with Gasteiger partial charge >= 0.3 is 0 Å². The van der Waals surface area contributed by atoms with Crippen LogP contribution in [0.25, 0.3) is 0 Å². The highest BCUT2D eigenvalue weighted by Crippen LogP contribution is 2.12. The van der Waals surface area contributed by atoms with Crippen molar-refractivity contribution in [2.45, 2.75) is 19.4 Å². The third-order valence-corrected chi connectivity index (χ3v) is 2.95. The summed E-state index contributed by atoms with van der Waals surface area (Å²) in [5.74, 6) is 0.472. The summed E-state index contributed by atoms with van der Waals surface area (Å²) in [6.07, 6.45) is 0.884. The maximum atomic E-state index is 5.81. The molecule has 1 aromatic carbocycles. The van der Waals surface area contributed by atoms with E-state index in [2.05, 4.69) is 39.5 Å². The molecule has 5 nitrogen and oxygen atoms in total. The van der Waals surface area contributed by atoms with Crippen LogP contribution in [0.5, 0.6) is 0 Å². The van der Waals surface area contributed by atoms with Gasteiger partial charge in [0.25, 0.3) is 0 Å². The first-order valence-electron chi connectivity index (χ1n) is 6.84. The van der Waals surface area contributed by atoms with E-state index in [1.807, 2.05) is 21.0 Å². The fraction of sp³-hybridized carbons (Fsp3) is 0.533. The predicted octanol–water partition coefficient (Wildman–Crippen LogP) is 1.85. The smallest absolute Gasteiger partial charge is 0.188 e. The zero-order chi connectivity index (χ0) is 15.0. The van der Waals surface area contributed by atoms with E-state index in [1.54, 1.807) is 7.11 Å². The number of anilines is 1.